The van der Waals surface area contributed by atoms with Crippen molar-refractivity contribution >= 4 is 6.16 Å². The van der Waals surface area contributed by atoms with Gasteiger partial charge >= 0.3 is 6.16 Å². The van der Waals surface area contributed by atoms with E-state index in [2.05, 4.69) is 10.1 Å². The number of hydrogen-bond donors (Lipinski definition) is 1. The van der Waals surface area contributed by atoms with Crippen molar-refractivity contribution in [2.75, 3.05) is 7.11 Å². The number of carbonyl (C=O) groups excluding carboxylic acids is 1. The molecule has 74 valence electrons. The van der Waals surface area contributed by atoms with Crippen molar-refractivity contribution in [3.8, 4) is 5.75 Å². The molecule has 0 unspecified atom stereocenters. The molecule has 1 heterocycles. The molecule has 0 saturated heterocycles. The summed E-state index contributed by atoms with van der Waals surface area (Å²) in [6.07, 6.45) is -0.684. The van der Waals surface area contributed by atoms with Crippen LogP contribution in [0.4, 0.5) is 4.79 Å². The van der Waals surface area contributed by atoms with Crippen LogP contribution in [0.25, 0.3) is 0 Å². The predicted molar refractivity (Wildman–Crippen MR) is 50.0 cm³/mol. The van der Waals surface area contributed by atoms with Gasteiger partial charge in [-0.1, -0.05) is 6.07 Å². The zero-order chi connectivity index (χ0) is 9.97. The fourth-order valence-electron chi connectivity index (χ4n) is 1.47. The average Bonchev–Trinajstić information content (AvgIpc) is 2.64. The van der Waals surface area contributed by atoms with Crippen LogP contribution in [-0.2, 0) is 17.8 Å². The molecule has 0 radical (unpaired) electrons. The standard InChI is InChI=1S/C10H11NO3/c1-13-10(12)14-9-3-2-7-5-11-6-8(7)4-9/h2-4,11H,5-6H2,1H3. The lowest BCUT2D eigenvalue weighted by molar-refractivity contribution is 0.121. The largest absolute Gasteiger partial charge is 0.513 e. The van der Waals surface area contributed by atoms with Gasteiger partial charge in [-0.05, 0) is 23.3 Å². The molecule has 0 aliphatic carbocycles. The number of fused-ring (bicyclic) bond motifs is 1. The van der Waals surface area contributed by atoms with Crippen LogP contribution in [0.15, 0.2) is 18.2 Å². The number of rotatable bonds is 1. The van der Waals surface area contributed by atoms with Gasteiger partial charge in [-0.2, -0.15) is 0 Å². The Bertz CT molecular complexity index is 362. The summed E-state index contributed by atoms with van der Waals surface area (Å²) in [6.45, 7) is 1.71. The molecule has 0 amide bonds. The van der Waals surface area contributed by atoms with E-state index in [1.165, 1.54) is 18.2 Å². The molecule has 0 spiro atoms. The van der Waals surface area contributed by atoms with E-state index in [4.69, 9.17) is 4.74 Å². The molecule has 1 N–H and O–H groups in total. The first-order chi connectivity index (χ1) is 6.79. The Balaban J connectivity index is 2.16. The maximum absolute atomic E-state index is 10.8. The van der Waals surface area contributed by atoms with E-state index in [1.54, 1.807) is 6.07 Å². The molecule has 0 atom stereocenters. The second-order valence-corrected chi connectivity index (χ2v) is 3.09. The fraction of sp³-hybridized carbons (Fsp3) is 0.300. The van der Waals surface area contributed by atoms with Crippen molar-refractivity contribution in [1.82, 2.24) is 5.32 Å². The maximum Gasteiger partial charge on any atom is 0.513 e. The third-order valence-corrected chi connectivity index (χ3v) is 2.18. The van der Waals surface area contributed by atoms with Crippen LogP contribution in [-0.4, -0.2) is 13.3 Å². The monoisotopic (exact) mass is 193 g/mol. The molecule has 1 aliphatic heterocycles. The molecule has 14 heavy (non-hydrogen) atoms. The van der Waals surface area contributed by atoms with Crippen molar-refractivity contribution in [3.05, 3.63) is 29.3 Å². The third kappa shape index (κ3) is 1.70. The molecule has 0 aromatic heterocycles. The summed E-state index contributed by atoms with van der Waals surface area (Å²) in [7, 11) is 1.29. The van der Waals surface area contributed by atoms with Crippen molar-refractivity contribution in [3.63, 3.8) is 0 Å². The van der Waals surface area contributed by atoms with Gasteiger partial charge in [0.15, 0.2) is 0 Å². The van der Waals surface area contributed by atoms with Crippen molar-refractivity contribution in [2.24, 2.45) is 0 Å². The first-order valence-electron chi connectivity index (χ1n) is 4.38. The van der Waals surface area contributed by atoms with Gasteiger partial charge in [0.2, 0.25) is 0 Å². The number of ether oxygens (including phenoxy) is 2. The molecule has 1 aliphatic rings. The summed E-state index contributed by atoms with van der Waals surface area (Å²) in [5, 5.41) is 3.21. The second kappa shape index (κ2) is 3.67. The van der Waals surface area contributed by atoms with Gasteiger partial charge in [-0.3, -0.25) is 0 Å². The van der Waals surface area contributed by atoms with Crippen LogP contribution in [0, 0.1) is 0 Å². The minimum Gasteiger partial charge on any atom is -0.437 e. The van der Waals surface area contributed by atoms with E-state index >= 15 is 0 Å². The van der Waals surface area contributed by atoms with Crippen LogP contribution in [0.2, 0.25) is 0 Å². The molecular formula is C10H11NO3. The van der Waals surface area contributed by atoms with Gasteiger partial charge in [0.05, 0.1) is 7.11 Å². The van der Waals surface area contributed by atoms with Gasteiger partial charge in [0, 0.05) is 13.1 Å². The van der Waals surface area contributed by atoms with Gasteiger partial charge in [0.1, 0.15) is 5.75 Å². The van der Waals surface area contributed by atoms with E-state index in [-0.39, 0.29) is 0 Å². The smallest absolute Gasteiger partial charge is 0.437 e. The minimum atomic E-state index is -0.684. The Hall–Kier alpha value is -1.55. The Morgan fingerprint density at radius 3 is 2.93 bits per heavy atom. The fourth-order valence-corrected chi connectivity index (χ4v) is 1.47. The molecular weight excluding hydrogens is 182 g/mol. The summed E-state index contributed by atoms with van der Waals surface area (Å²) in [6, 6.07) is 5.57. The molecule has 0 bridgehead atoms. The molecule has 0 fully saturated rings. The number of hydrogen-bond acceptors (Lipinski definition) is 4. The van der Waals surface area contributed by atoms with Crippen LogP contribution in [0.5, 0.6) is 5.75 Å². The topological polar surface area (TPSA) is 47.6 Å². The van der Waals surface area contributed by atoms with E-state index in [0.717, 1.165) is 13.1 Å². The molecule has 2 rings (SSSR count). The lowest BCUT2D eigenvalue weighted by Crippen LogP contribution is -2.07. The van der Waals surface area contributed by atoms with Gasteiger partial charge in [-0.25, -0.2) is 4.79 Å². The quantitative estimate of drug-likeness (QED) is 0.541. The van der Waals surface area contributed by atoms with Crippen LogP contribution < -0.4 is 10.1 Å². The summed E-state index contributed by atoms with van der Waals surface area (Å²) >= 11 is 0. The van der Waals surface area contributed by atoms with Crippen molar-refractivity contribution < 1.29 is 14.3 Å². The summed E-state index contributed by atoms with van der Waals surface area (Å²) < 4.78 is 9.30. The van der Waals surface area contributed by atoms with E-state index in [1.807, 2.05) is 12.1 Å². The molecule has 1 aromatic rings. The minimum absolute atomic E-state index is 0.527. The van der Waals surface area contributed by atoms with Crippen LogP contribution in [0.1, 0.15) is 11.1 Å². The average molecular weight is 193 g/mol. The number of carbonyl (C=O) groups is 1. The highest BCUT2D eigenvalue weighted by Gasteiger charge is 2.11. The lowest BCUT2D eigenvalue weighted by atomic mass is 10.1. The Morgan fingerprint density at radius 1 is 1.36 bits per heavy atom. The Morgan fingerprint density at radius 2 is 2.14 bits per heavy atom. The van der Waals surface area contributed by atoms with Crippen LogP contribution >= 0.6 is 0 Å². The SMILES string of the molecule is COC(=O)Oc1ccc2c(c1)CNC2. The normalized spacial score (nSPS) is 13.5. The molecule has 4 nitrogen and oxygen atoms in total. The van der Waals surface area contributed by atoms with Gasteiger partial charge in [-0.15, -0.1) is 0 Å². The van der Waals surface area contributed by atoms with E-state index in [0.29, 0.717) is 5.75 Å². The first-order valence-corrected chi connectivity index (χ1v) is 4.38. The Labute approximate surface area is 81.8 Å². The summed E-state index contributed by atoms with van der Waals surface area (Å²) in [4.78, 5) is 10.8. The highest BCUT2D eigenvalue weighted by Crippen LogP contribution is 2.21. The second-order valence-electron chi connectivity index (χ2n) is 3.09. The molecule has 1 aromatic carbocycles. The number of nitrogens with one attached hydrogen (secondary N) is 1. The predicted octanol–water partition coefficient (Wildman–Crippen LogP) is 1.44. The van der Waals surface area contributed by atoms with Crippen molar-refractivity contribution in [2.45, 2.75) is 13.1 Å². The van der Waals surface area contributed by atoms with E-state index < -0.39 is 6.16 Å². The summed E-state index contributed by atoms with van der Waals surface area (Å²) in [5.74, 6) is 0.527. The molecule has 0 saturated carbocycles. The lowest BCUT2D eigenvalue weighted by Gasteiger charge is -2.04. The maximum atomic E-state index is 10.8. The Kier molecular flexibility index (Phi) is 2.37. The van der Waals surface area contributed by atoms with Crippen LogP contribution in [0.3, 0.4) is 0 Å². The highest BCUT2D eigenvalue weighted by molar-refractivity contribution is 5.63. The van der Waals surface area contributed by atoms with E-state index in [9.17, 15) is 4.79 Å². The van der Waals surface area contributed by atoms with Gasteiger partial charge in [0.25, 0.3) is 0 Å². The number of benzene rings is 1. The number of methoxy groups -OCH3 is 1. The zero-order valence-corrected chi connectivity index (χ0v) is 7.87. The first kappa shape index (κ1) is 9.02. The molecule has 4 heteroatoms. The van der Waals surface area contributed by atoms with Crippen molar-refractivity contribution in [1.29, 1.82) is 0 Å². The highest BCUT2D eigenvalue weighted by atomic mass is 16.7. The summed E-state index contributed by atoms with van der Waals surface area (Å²) in [5.41, 5.74) is 2.42. The van der Waals surface area contributed by atoms with Gasteiger partial charge < -0.3 is 14.8 Å². The third-order valence-electron chi connectivity index (χ3n) is 2.18. The zero-order valence-electron chi connectivity index (χ0n) is 7.87.